The normalized spacial score (nSPS) is 19.2. The molecule has 1 atom stereocenters. The van der Waals surface area contributed by atoms with Gasteiger partial charge in [0, 0.05) is 11.1 Å². The van der Waals surface area contributed by atoms with E-state index < -0.39 is 16.5 Å². The zero-order valence-corrected chi connectivity index (χ0v) is 17.2. The predicted octanol–water partition coefficient (Wildman–Crippen LogP) is 2.75. The number of halogens is 1. The number of carbonyl (C=O) groups excluding carboxylic acids is 1. The Hall–Kier alpha value is -3.11. The van der Waals surface area contributed by atoms with Crippen LogP contribution in [-0.2, 0) is 28.3 Å². The number of nitrogens with zero attached hydrogens (tertiary/aromatic N) is 3. The fraction of sp³-hybridized carbons (Fsp3) is 0.250. The highest BCUT2D eigenvalue weighted by Crippen LogP contribution is 2.40. The molecule has 9 nitrogen and oxygen atoms in total. The van der Waals surface area contributed by atoms with Crippen molar-refractivity contribution in [2.24, 2.45) is 0 Å². The molecule has 3 aromatic rings. The van der Waals surface area contributed by atoms with Crippen LogP contribution in [-0.4, -0.2) is 25.6 Å². The number of pyridine rings is 2. The minimum Gasteiger partial charge on any atom is -0.458 e. The number of fused-ring (bicyclic) bond motifs is 5. The summed E-state index contributed by atoms with van der Waals surface area (Å²) in [6.45, 7) is 1.61. The summed E-state index contributed by atoms with van der Waals surface area (Å²) in [5.74, 6) is -0.785. The first-order chi connectivity index (χ1) is 14.3. The topological polar surface area (TPSA) is 125 Å². The maximum absolute atomic E-state index is 13.1. The molecule has 0 radical (unpaired) electrons. The minimum absolute atomic E-state index is 0.0555. The van der Waals surface area contributed by atoms with Crippen LogP contribution in [0.4, 0.5) is 5.69 Å². The molecule has 2 aliphatic rings. The lowest BCUT2D eigenvalue weighted by molar-refractivity contribution is -0.383. The molecule has 30 heavy (non-hydrogen) atoms. The van der Waals surface area contributed by atoms with E-state index in [1.165, 1.54) is 4.57 Å². The van der Waals surface area contributed by atoms with Crippen LogP contribution in [0, 0.1) is 10.1 Å². The lowest BCUT2D eigenvalue weighted by Crippen LogP contribution is -2.44. The first-order valence-corrected chi connectivity index (χ1v) is 9.99. The zero-order valence-electron chi connectivity index (χ0n) is 15.6. The van der Waals surface area contributed by atoms with Gasteiger partial charge in [-0.15, -0.1) is 0 Å². The third-order valence-electron chi connectivity index (χ3n) is 5.80. The Morgan fingerprint density at radius 2 is 2.13 bits per heavy atom. The summed E-state index contributed by atoms with van der Waals surface area (Å²) in [4.78, 5) is 41.0. The number of esters is 1. The van der Waals surface area contributed by atoms with Gasteiger partial charge in [-0.25, -0.2) is 9.78 Å². The summed E-state index contributed by atoms with van der Waals surface area (Å²) in [7, 11) is 0. The van der Waals surface area contributed by atoms with Crippen LogP contribution >= 0.6 is 15.9 Å². The number of aliphatic hydroxyl groups is 1. The van der Waals surface area contributed by atoms with E-state index >= 15 is 0 Å². The number of ether oxygens (including phenoxy) is 1. The van der Waals surface area contributed by atoms with E-state index in [0.717, 1.165) is 0 Å². The molecular formula is C20H14BrN3O6. The Balaban J connectivity index is 1.80. The molecule has 2 aromatic heterocycles. The van der Waals surface area contributed by atoms with E-state index in [4.69, 9.17) is 4.74 Å². The number of nitro benzene ring substituents is 1. The number of carbonyl (C=O) groups is 1. The molecule has 10 heteroatoms. The molecule has 1 N–H and O–H groups in total. The minimum atomic E-state index is -1.90. The largest absolute Gasteiger partial charge is 0.458 e. The fourth-order valence-electron chi connectivity index (χ4n) is 4.20. The summed E-state index contributed by atoms with van der Waals surface area (Å²) < 4.78 is 6.88. The van der Waals surface area contributed by atoms with Crippen LogP contribution in [0.3, 0.4) is 0 Å². The molecule has 0 unspecified atom stereocenters. The van der Waals surface area contributed by atoms with Crippen LogP contribution in [0.1, 0.15) is 30.0 Å². The van der Waals surface area contributed by atoms with Crippen molar-refractivity contribution in [2.75, 3.05) is 0 Å². The number of rotatable bonds is 2. The molecule has 5 rings (SSSR count). The van der Waals surface area contributed by atoms with E-state index in [1.54, 1.807) is 31.2 Å². The van der Waals surface area contributed by atoms with E-state index in [1.807, 2.05) is 0 Å². The third-order valence-corrected chi connectivity index (χ3v) is 6.44. The predicted molar refractivity (Wildman–Crippen MR) is 109 cm³/mol. The van der Waals surface area contributed by atoms with Crippen LogP contribution in [0.5, 0.6) is 0 Å². The molecule has 4 heterocycles. The molecule has 1 aromatic carbocycles. The second kappa shape index (κ2) is 6.19. The summed E-state index contributed by atoms with van der Waals surface area (Å²) >= 11 is 3.21. The number of cyclic esters (lactones) is 1. The monoisotopic (exact) mass is 471 g/mol. The van der Waals surface area contributed by atoms with Crippen LogP contribution in [0.15, 0.2) is 33.5 Å². The van der Waals surface area contributed by atoms with Gasteiger partial charge in [-0.2, -0.15) is 0 Å². The van der Waals surface area contributed by atoms with Crippen molar-refractivity contribution in [2.45, 2.75) is 32.1 Å². The van der Waals surface area contributed by atoms with Crippen molar-refractivity contribution in [1.82, 2.24) is 9.55 Å². The molecule has 0 amide bonds. The average Bonchev–Trinajstić information content (AvgIpc) is 3.07. The van der Waals surface area contributed by atoms with Gasteiger partial charge < -0.3 is 14.4 Å². The number of hydrogen-bond donors (Lipinski definition) is 1. The van der Waals surface area contributed by atoms with Gasteiger partial charge >= 0.3 is 5.97 Å². The maximum Gasteiger partial charge on any atom is 0.343 e. The highest BCUT2D eigenvalue weighted by Gasteiger charge is 2.45. The van der Waals surface area contributed by atoms with Gasteiger partial charge in [0.2, 0.25) is 0 Å². The fourth-order valence-corrected chi connectivity index (χ4v) is 4.69. The van der Waals surface area contributed by atoms with Gasteiger partial charge in [-0.05, 0) is 46.6 Å². The molecule has 2 aliphatic heterocycles. The van der Waals surface area contributed by atoms with Crippen molar-refractivity contribution in [3.05, 3.63) is 65.9 Å². The van der Waals surface area contributed by atoms with Crippen LogP contribution in [0.25, 0.3) is 22.3 Å². The molecular weight excluding hydrogens is 458 g/mol. The molecule has 0 bridgehead atoms. The van der Waals surface area contributed by atoms with Crippen molar-refractivity contribution in [1.29, 1.82) is 0 Å². The van der Waals surface area contributed by atoms with Crippen molar-refractivity contribution in [3.63, 3.8) is 0 Å². The molecule has 0 saturated heterocycles. The number of hydrogen-bond acceptors (Lipinski definition) is 7. The highest BCUT2D eigenvalue weighted by atomic mass is 79.9. The van der Waals surface area contributed by atoms with Gasteiger partial charge in [0.25, 0.3) is 11.2 Å². The van der Waals surface area contributed by atoms with Gasteiger partial charge in [0.05, 0.1) is 43.8 Å². The number of aromatic nitrogens is 2. The van der Waals surface area contributed by atoms with Gasteiger partial charge in [-0.3, -0.25) is 14.9 Å². The summed E-state index contributed by atoms with van der Waals surface area (Å²) in [6.07, 6.45) is 0.0555. The quantitative estimate of drug-likeness (QED) is 0.270. The lowest BCUT2D eigenvalue weighted by Gasteiger charge is -2.31. The zero-order chi connectivity index (χ0) is 21.4. The molecule has 0 fully saturated rings. The molecule has 152 valence electrons. The molecule has 0 spiro atoms. The van der Waals surface area contributed by atoms with Gasteiger partial charge in [-0.1, -0.05) is 6.92 Å². The van der Waals surface area contributed by atoms with E-state index in [9.17, 15) is 24.8 Å². The first-order valence-electron chi connectivity index (χ1n) is 9.20. The second-order valence-electron chi connectivity index (χ2n) is 7.32. The summed E-state index contributed by atoms with van der Waals surface area (Å²) in [6, 6.07) is 6.49. The molecule has 0 aliphatic carbocycles. The Kier molecular flexibility index (Phi) is 3.90. The van der Waals surface area contributed by atoms with Gasteiger partial charge in [0.1, 0.15) is 6.61 Å². The van der Waals surface area contributed by atoms with Gasteiger partial charge in [0.15, 0.2) is 5.60 Å². The second-order valence-corrected chi connectivity index (χ2v) is 8.17. The number of nitro groups is 1. The van der Waals surface area contributed by atoms with Crippen molar-refractivity contribution < 1.29 is 19.6 Å². The smallest absolute Gasteiger partial charge is 0.343 e. The van der Waals surface area contributed by atoms with Crippen molar-refractivity contribution >= 4 is 38.5 Å². The number of benzene rings is 1. The average molecular weight is 472 g/mol. The first kappa shape index (κ1) is 18.9. The standard InChI is InChI=1S/C20H14BrN3O6/c1-2-20(27)12-6-15-16-9(7-23(15)18(25)11(12)8-30-19(20)26)5-10-14(22-16)4-3-13(21)17(10)24(28)29/h3-6,27H,2,7-8H2,1H3/t20-/m0/s1. The summed E-state index contributed by atoms with van der Waals surface area (Å²) in [5, 5.41) is 22.8. The Labute approximate surface area is 177 Å². The Morgan fingerprint density at radius 3 is 2.83 bits per heavy atom. The third kappa shape index (κ3) is 2.34. The van der Waals surface area contributed by atoms with E-state index in [2.05, 4.69) is 20.9 Å². The Bertz CT molecular complexity index is 1370. The lowest BCUT2D eigenvalue weighted by atomic mass is 9.86. The maximum atomic E-state index is 13.1. The van der Waals surface area contributed by atoms with Crippen LogP contribution < -0.4 is 5.56 Å². The van der Waals surface area contributed by atoms with E-state index in [0.29, 0.717) is 32.3 Å². The van der Waals surface area contributed by atoms with Crippen LogP contribution in [0.2, 0.25) is 0 Å². The highest BCUT2D eigenvalue weighted by molar-refractivity contribution is 9.10. The molecule has 0 saturated carbocycles. The SMILES string of the molecule is CC[C@@]1(O)C(=O)OCc2c1cc1n(c2=O)Cc2cc3c([N+](=O)[O-])c(Br)ccc3nc2-1. The van der Waals surface area contributed by atoms with Crippen molar-refractivity contribution in [3.8, 4) is 11.4 Å². The Morgan fingerprint density at radius 1 is 1.37 bits per heavy atom. The summed E-state index contributed by atoms with van der Waals surface area (Å²) in [5.41, 5.74) is 0.111. The van der Waals surface area contributed by atoms with E-state index in [-0.39, 0.29) is 41.9 Å².